The van der Waals surface area contributed by atoms with Crippen molar-refractivity contribution in [3.05, 3.63) is 27.2 Å². The fourth-order valence-electron chi connectivity index (χ4n) is 1.75. The van der Waals surface area contributed by atoms with E-state index in [1.54, 1.807) is 18.8 Å². The Balaban J connectivity index is 2.64. The zero-order valence-electron chi connectivity index (χ0n) is 10.3. The van der Waals surface area contributed by atoms with E-state index < -0.39 is 0 Å². The molecule has 1 heterocycles. The lowest BCUT2D eigenvalue weighted by molar-refractivity contribution is 0.415. The van der Waals surface area contributed by atoms with Crippen LogP contribution in [0.25, 0.3) is 11.3 Å². The lowest BCUT2D eigenvalue weighted by Crippen LogP contribution is -1.97. The molecule has 2 aromatic rings. The van der Waals surface area contributed by atoms with Crippen LogP contribution in [0.4, 0.5) is 5.82 Å². The Kier molecular flexibility index (Phi) is 3.54. The Labute approximate surface area is 119 Å². The summed E-state index contributed by atoms with van der Waals surface area (Å²) in [5.74, 6) is 1.23. The molecule has 0 aliphatic rings. The number of aromatic nitrogens is 2. The van der Waals surface area contributed by atoms with Gasteiger partial charge in [-0.05, 0) is 40.5 Å². The largest absolute Gasteiger partial charge is 0.495 e. The molecule has 18 heavy (non-hydrogen) atoms. The van der Waals surface area contributed by atoms with E-state index in [0.717, 1.165) is 21.3 Å². The summed E-state index contributed by atoms with van der Waals surface area (Å²) in [6.07, 6.45) is 0. The quantitative estimate of drug-likeness (QED) is 0.918. The molecule has 0 spiro atoms. The summed E-state index contributed by atoms with van der Waals surface area (Å²) in [5, 5.41) is 4.93. The topological polar surface area (TPSA) is 53.1 Å². The highest BCUT2D eigenvalue weighted by Gasteiger charge is 2.16. The first-order valence-corrected chi connectivity index (χ1v) is 6.45. The van der Waals surface area contributed by atoms with Gasteiger partial charge in [-0.15, -0.1) is 0 Å². The number of nitrogen functional groups attached to an aromatic ring is 1. The number of benzene rings is 1. The Bertz CT molecular complexity index is 610. The van der Waals surface area contributed by atoms with Gasteiger partial charge >= 0.3 is 0 Å². The maximum atomic E-state index is 6.14. The van der Waals surface area contributed by atoms with Crippen molar-refractivity contribution in [1.82, 2.24) is 9.78 Å². The summed E-state index contributed by atoms with van der Waals surface area (Å²) in [4.78, 5) is 0. The van der Waals surface area contributed by atoms with Crippen molar-refractivity contribution >= 4 is 33.3 Å². The van der Waals surface area contributed by atoms with Crippen molar-refractivity contribution in [2.24, 2.45) is 7.05 Å². The molecule has 0 saturated carbocycles. The van der Waals surface area contributed by atoms with Crippen molar-refractivity contribution in [2.45, 2.75) is 6.92 Å². The highest BCUT2D eigenvalue weighted by Crippen LogP contribution is 2.37. The molecule has 0 amide bonds. The first-order chi connectivity index (χ1) is 8.45. The number of aryl methyl sites for hydroxylation is 2. The van der Waals surface area contributed by atoms with Crippen LogP contribution in [0.1, 0.15) is 5.56 Å². The molecule has 0 bridgehead atoms. The van der Waals surface area contributed by atoms with E-state index in [0.29, 0.717) is 16.6 Å². The Hall–Kier alpha value is -1.20. The number of nitrogens with zero attached hydrogens (tertiary/aromatic N) is 2. The minimum Gasteiger partial charge on any atom is -0.495 e. The lowest BCUT2D eigenvalue weighted by Gasteiger charge is -2.08. The molecule has 2 rings (SSSR count). The molecule has 96 valence electrons. The van der Waals surface area contributed by atoms with E-state index in [4.69, 9.17) is 22.1 Å². The molecule has 0 fully saturated rings. The third-order valence-electron chi connectivity index (χ3n) is 2.79. The standard InChI is InChI=1S/C12H13BrClN3O/c1-6-4-9(18-3)8(14)5-7(6)11-10(13)12(15)17(2)16-11/h4-5H,15H2,1-3H3. The lowest BCUT2D eigenvalue weighted by atomic mass is 10.1. The van der Waals surface area contributed by atoms with Gasteiger partial charge in [-0.25, -0.2) is 0 Å². The van der Waals surface area contributed by atoms with Gasteiger partial charge in [-0.2, -0.15) is 5.10 Å². The molecule has 1 aromatic carbocycles. The first-order valence-electron chi connectivity index (χ1n) is 5.28. The smallest absolute Gasteiger partial charge is 0.137 e. The van der Waals surface area contributed by atoms with Crippen LogP contribution in [0.2, 0.25) is 5.02 Å². The van der Waals surface area contributed by atoms with Crippen LogP contribution in [-0.4, -0.2) is 16.9 Å². The fraction of sp³-hybridized carbons (Fsp3) is 0.250. The Morgan fingerprint density at radius 1 is 1.44 bits per heavy atom. The van der Waals surface area contributed by atoms with Gasteiger partial charge < -0.3 is 10.5 Å². The summed E-state index contributed by atoms with van der Waals surface area (Å²) in [5.41, 5.74) is 8.61. The van der Waals surface area contributed by atoms with E-state index in [1.807, 2.05) is 19.1 Å². The number of nitrogens with two attached hydrogens (primary N) is 1. The van der Waals surface area contributed by atoms with Crippen molar-refractivity contribution in [2.75, 3.05) is 12.8 Å². The summed E-state index contributed by atoms with van der Waals surface area (Å²) in [6.45, 7) is 1.98. The SMILES string of the molecule is COc1cc(C)c(-c2nn(C)c(N)c2Br)cc1Cl. The van der Waals surface area contributed by atoms with Gasteiger partial charge in [0.15, 0.2) is 0 Å². The van der Waals surface area contributed by atoms with Crippen molar-refractivity contribution in [1.29, 1.82) is 0 Å². The van der Waals surface area contributed by atoms with Crippen LogP contribution in [0.15, 0.2) is 16.6 Å². The Morgan fingerprint density at radius 3 is 2.61 bits per heavy atom. The number of methoxy groups -OCH3 is 1. The third-order valence-corrected chi connectivity index (χ3v) is 3.86. The third kappa shape index (κ3) is 2.08. The average Bonchev–Trinajstić information content (AvgIpc) is 2.59. The number of rotatable bonds is 2. The van der Waals surface area contributed by atoms with Crippen LogP contribution < -0.4 is 10.5 Å². The monoisotopic (exact) mass is 329 g/mol. The molecule has 0 saturated heterocycles. The minimum atomic E-state index is 0.550. The predicted molar refractivity (Wildman–Crippen MR) is 77.1 cm³/mol. The summed E-state index contributed by atoms with van der Waals surface area (Å²) in [6, 6.07) is 3.72. The maximum absolute atomic E-state index is 6.14. The van der Waals surface area contributed by atoms with E-state index >= 15 is 0 Å². The second kappa shape index (κ2) is 4.82. The molecule has 0 unspecified atom stereocenters. The highest BCUT2D eigenvalue weighted by atomic mass is 79.9. The van der Waals surface area contributed by atoms with Crippen LogP contribution in [0.3, 0.4) is 0 Å². The molecule has 4 nitrogen and oxygen atoms in total. The first kappa shape index (κ1) is 13.2. The van der Waals surface area contributed by atoms with Crippen molar-refractivity contribution in [3.63, 3.8) is 0 Å². The van der Waals surface area contributed by atoms with E-state index in [1.165, 1.54) is 0 Å². The maximum Gasteiger partial charge on any atom is 0.137 e. The van der Waals surface area contributed by atoms with Gasteiger partial charge in [0.05, 0.1) is 16.6 Å². The number of halogens is 2. The number of hydrogen-bond acceptors (Lipinski definition) is 3. The molecule has 0 aliphatic heterocycles. The molecule has 0 atom stereocenters. The highest BCUT2D eigenvalue weighted by molar-refractivity contribution is 9.10. The summed E-state index contributed by atoms with van der Waals surface area (Å²) in [7, 11) is 3.39. The number of hydrogen-bond donors (Lipinski definition) is 1. The van der Waals surface area contributed by atoms with Gasteiger partial charge in [-0.3, -0.25) is 4.68 Å². The van der Waals surface area contributed by atoms with E-state index in [9.17, 15) is 0 Å². The van der Waals surface area contributed by atoms with Crippen LogP contribution in [0.5, 0.6) is 5.75 Å². The predicted octanol–water partition coefficient (Wildman–Crippen LogP) is 3.40. The number of anilines is 1. The van der Waals surface area contributed by atoms with E-state index in [-0.39, 0.29) is 0 Å². The second-order valence-electron chi connectivity index (χ2n) is 3.97. The summed E-state index contributed by atoms with van der Waals surface area (Å²) >= 11 is 9.59. The molecular weight excluding hydrogens is 318 g/mol. The van der Waals surface area contributed by atoms with Crippen molar-refractivity contribution < 1.29 is 4.74 Å². The van der Waals surface area contributed by atoms with E-state index in [2.05, 4.69) is 21.0 Å². The molecule has 2 N–H and O–H groups in total. The molecule has 6 heteroatoms. The van der Waals surface area contributed by atoms with Crippen LogP contribution in [-0.2, 0) is 7.05 Å². The zero-order valence-corrected chi connectivity index (χ0v) is 12.6. The zero-order chi connectivity index (χ0) is 13.4. The van der Waals surface area contributed by atoms with Gasteiger partial charge in [0.25, 0.3) is 0 Å². The minimum absolute atomic E-state index is 0.550. The van der Waals surface area contributed by atoms with Crippen LogP contribution >= 0.6 is 27.5 Å². The van der Waals surface area contributed by atoms with Gasteiger partial charge in [-0.1, -0.05) is 11.6 Å². The Morgan fingerprint density at radius 2 is 2.11 bits per heavy atom. The van der Waals surface area contributed by atoms with Crippen molar-refractivity contribution in [3.8, 4) is 17.0 Å². The van der Waals surface area contributed by atoms with Crippen LogP contribution in [0, 0.1) is 6.92 Å². The summed E-state index contributed by atoms with van der Waals surface area (Å²) < 4.78 is 7.58. The average molecular weight is 331 g/mol. The fourth-order valence-corrected chi connectivity index (χ4v) is 2.54. The number of ether oxygens (including phenoxy) is 1. The molecule has 1 aromatic heterocycles. The molecular formula is C12H13BrClN3O. The molecule has 0 radical (unpaired) electrons. The second-order valence-corrected chi connectivity index (χ2v) is 5.17. The molecule has 0 aliphatic carbocycles. The van der Waals surface area contributed by atoms with Gasteiger partial charge in [0, 0.05) is 12.6 Å². The van der Waals surface area contributed by atoms with Gasteiger partial charge in [0.1, 0.15) is 17.3 Å². The normalized spacial score (nSPS) is 10.7. The van der Waals surface area contributed by atoms with Gasteiger partial charge in [0.2, 0.25) is 0 Å².